The van der Waals surface area contributed by atoms with Crippen molar-refractivity contribution >= 4 is 100.0 Å². The number of nitrogens with one attached hydrogen (secondary N) is 5. The van der Waals surface area contributed by atoms with Gasteiger partial charge in [0.25, 0.3) is 0 Å². The minimum Gasteiger partial charge on any atom is -0.388 e. The first-order valence-corrected chi connectivity index (χ1v) is 43.8. The van der Waals surface area contributed by atoms with Crippen LogP contribution in [0.5, 0.6) is 0 Å². The van der Waals surface area contributed by atoms with Gasteiger partial charge in [-0.25, -0.2) is 25.3 Å². The lowest BCUT2D eigenvalue weighted by Gasteiger charge is -2.26. The van der Waals surface area contributed by atoms with E-state index in [1.807, 2.05) is 54.0 Å². The Hall–Kier alpha value is -6.59. The number of ether oxygens (including phenoxy) is 4. The Bertz CT molecular complexity index is 2880. The number of morpholine rings is 1. The molecule has 4 saturated heterocycles. The van der Waals surface area contributed by atoms with E-state index in [9.17, 15) is 63.6 Å². The van der Waals surface area contributed by atoms with Crippen LogP contribution in [0.3, 0.4) is 0 Å². The zero-order valence-electron chi connectivity index (χ0n) is 73.5. The molecule has 39 heteroatoms. The molecule has 6 aliphatic rings. The number of sulfone groups is 3. The highest BCUT2D eigenvalue weighted by molar-refractivity contribution is 7.91. The number of amidine groups is 3. The molecular weight excluding hydrogens is 1510 g/mol. The molecule has 6 rings (SSSR count). The largest absolute Gasteiger partial charge is 0.388 e. The van der Waals surface area contributed by atoms with Crippen molar-refractivity contribution in [3.8, 4) is 0 Å². The fourth-order valence-electron chi connectivity index (χ4n) is 8.03. The third kappa shape index (κ3) is 95.8. The number of piperidine rings is 1. The maximum Gasteiger partial charge on any atom is 0.219 e. The molecule has 4 fully saturated rings. The first-order valence-electron chi connectivity index (χ1n) is 37.9. The van der Waals surface area contributed by atoms with Crippen molar-refractivity contribution in [2.75, 3.05) is 277 Å². The second-order valence-electron chi connectivity index (χ2n) is 26.5. The SMILES string of the molecule is CC(=O)N(C)CCN(C)C.CC(=O)N(C)CCS(C)(=O)=O.CC(=O)N1CCCCC1.CC(=O)N1CCS(=O)(=O)CC1.CC(=O)NCCS(C)(=O)=O.CC1=NCCC1.CC1=NCCN1.CCN=C(C)N.CN=C1CCCN1.CNCCN1CCOCC1.COCCN(C)C(C)=O.COCCN(C)C(C)=O.COCCNC(C)=O. The summed E-state index contributed by atoms with van der Waals surface area (Å²) >= 11 is 0. The lowest BCUT2D eigenvalue weighted by Crippen LogP contribution is -2.42. The summed E-state index contributed by atoms with van der Waals surface area (Å²) in [7, 11) is 10.8. The fraction of sp³-hybridized carbons (Fsp3) is 0.836. The Morgan fingerprint density at radius 2 is 1.02 bits per heavy atom. The molecule has 0 aromatic carbocycles. The Morgan fingerprint density at radius 3 is 1.30 bits per heavy atom. The van der Waals surface area contributed by atoms with Gasteiger partial charge in [-0.05, 0) is 87.4 Å². The molecule has 0 radical (unpaired) electrons. The van der Waals surface area contributed by atoms with Crippen LogP contribution in [0, 0.1) is 0 Å². The van der Waals surface area contributed by atoms with Crippen molar-refractivity contribution in [2.45, 2.75) is 128 Å². The smallest absolute Gasteiger partial charge is 0.219 e. The number of rotatable bonds is 22. The Balaban J connectivity index is -0.000000214. The second kappa shape index (κ2) is 77.0. The molecule has 8 amide bonds. The number of carbonyl (C=O) groups excluding carboxylic acids is 8. The van der Waals surface area contributed by atoms with Crippen molar-refractivity contribution in [3.63, 3.8) is 0 Å². The minimum atomic E-state index is -2.95. The van der Waals surface area contributed by atoms with Crippen LogP contribution in [0.4, 0.5) is 0 Å². The van der Waals surface area contributed by atoms with Crippen molar-refractivity contribution in [1.82, 2.24) is 65.8 Å². The summed E-state index contributed by atoms with van der Waals surface area (Å²) in [5, 5.41) is 14.3. The first-order chi connectivity index (χ1) is 52.1. The summed E-state index contributed by atoms with van der Waals surface area (Å²) in [5.74, 6) is 3.32. The third-order valence-electron chi connectivity index (χ3n) is 15.5. The third-order valence-corrected chi connectivity index (χ3v) is 19.0. The van der Waals surface area contributed by atoms with Crippen LogP contribution in [-0.4, -0.2) is 412 Å². The molecule has 6 aliphatic heterocycles. The van der Waals surface area contributed by atoms with Crippen LogP contribution in [-0.2, 0) is 86.8 Å². The highest BCUT2D eigenvalue weighted by Gasteiger charge is 2.23. The fourth-order valence-corrected chi connectivity index (χ4v) is 10.3. The quantitative estimate of drug-likeness (QED) is 0.0489. The topological polar surface area (TPSA) is 437 Å². The average molecular weight is 1670 g/mol. The molecule has 36 nitrogen and oxygen atoms in total. The normalized spacial score (nSPS) is 15.3. The summed E-state index contributed by atoms with van der Waals surface area (Å²) in [5.41, 5.74) is 6.48. The molecule has 0 saturated carbocycles. The van der Waals surface area contributed by atoms with Gasteiger partial charge in [0.1, 0.15) is 19.7 Å². The molecule has 0 aromatic rings. The van der Waals surface area contributed by atoms with Crippen molar-refractivity contribution in [3.05, 3.63) is 0 Å². The number of aliphatic imine (C=N–C) groups is 4. The molecule has 7 N–H and O–H groups in total. The number of carbonyl (C=O) groups is 8. The van der Waals surface area contributed by atoms with Crippen LogP contribution >= 0.6 is 0 Å². The monoisotopic (exact) mass is 1670 g/mol. The molecule has 0 unspecified atom stereocenters. The molecule has 0 bridgehead atoms. The molecule has 662 valence electrons. The predicted octanol–water partition coefficient (Wildman–Crippen LogP) is 0.545. The van der Waals surface area contributed by atoms with Gasteiger partial charge in [-0.2, -0.15) is 0 Å². The highest BCUT2D eigenvalue weighted by Crippen LogP contribution is 2.08. The number of nitrogens with two attached hydrogens (primary N) is 1. The molecule has 0 aromatic heterocycles. The van der Waals surface area contributed by atoms with E-state index >= 15 is 0 Å². The first kappa shape index (κ1) is 119. The van der Waals surface area contributed by atoms with E-state index in [0.717, 1.165) is 123 Å². The van der Waals surface area contributed by atoms with E-state index in [4.69, 9.17) is 19.9 Å². The summed E-state index contributed by atoms with van der Waals surface area (Å²) in [6, 6.07) is 0. The number of methoxy groups -OCH3 is 3. The maximum atomic E-state index is 10.9. The van der Waals surface area contributed by atoms with Crippen molar-refractivity contribution in [1.29, 1.82) is 0 Å². The van der Waals surface area contributed by atoms with E-state index in [0.29, 0.717) is 58.4 Å². The Kier molecular flexibility index (Phi) is 81.6. The number of likely N-dealkylation sites (tertiary alicyclic amines) is 1. The zero-order chi connectivity index (χ0) is 87.7. The average Bonchev–Trinajstić information content (AvgIpc) is 1.28. The van der Waals surface area contributed by atoms with E-state index < -0.39 is 29.5 Å². The lowest BCUT2D eigenvalue weighted by atomic mass is 10.1. The minimum absolute atomic E-state index is 0.00653. The summed E-state index contributed by atoms with van der Waals surface area (Å²) in [4.78, 5) is 114. The Morgan fingerprint density at radius 1 is 0.562 bits per heavy atom. The van der Waals surface area contributed by atoms with Gasteiger partial charge in [0.15, 0.2) is 9.84 Å². The van der Waals surface area contributed by atoms with Gasteiger partial charge in [0.05, 0.1) is 80.1 Å². The standard InChI is InChI=1S/2C7H16N2O.C7H13NO.C6H11NO3S.C6H13NO3S.2C6H13NO2.C5H10N2.C5H11NO3S.C5H11NO2.C5H9N.C4H8N2.C4H10N2/c1-8-2-3-9-4-6-10-7-5-9;1-7(10)9(4)6-5-8(2)3;1-7(9)8-5-3-2-4-6-8;1-6(8)7-2-4-11(9,10)5-3-7;1-6(8)7(2)4-5-11(3,9)10;2*1-6(8)7(2)4-5-9-3;1-6-5-3-2-4-7-5;1-5(7)6-3-4-10(2,8)9;1-5(7)6-3-4-8-2;1-5-3-2-4-6-5;1-4-5-2-3-6-4;1-3-6-4(2)5/h8H,2-7H2,1H3;5-6H2,1-4H3;2-6H2,1H3;2-5H2,1H3;4-5H2,1-3H3;2*4-5H2,1-3H3;2-4H2,1H3,(H,6,7);3-4H2,1-2H3,(H,6,7);3-4H2,1-2H3,(H,6,7);2-4H2,1H3;2-3H2,1H3,(H,5,6);3H2,1-2H3,(H2,5,6). The maximum absolute atomic E-state index is 10.9. The van der Waals surface area contributed by atoms with E-state index in [1.165, 1.54) is 96.5 Å². The summed E-state index contributed by atoms with van der Waals surface area (Å²) in [6.45, 7) is 39.7. The molecule has 0 atom stereocenters. The second-order valence-corrected chi connectivity index (χ2v) is 33.3. The van der Waals surface area contributed by atoms with Gasteiger partial charge >= 0.3 is 0 Å². The number of amides is 8. The van der Waals surface area contributed by atoms with Gasteiger partial charge in [0, 0.05) is 261 Å². The summed E-state index contributed by atoms with van der Waals surface area (Å²) in [6.07, 6.45) is 10.9. The van der Waals surface area contributed by atoms with Gasteiger partial charge in [-0.1, -0.05) is 0 Å². The Labute approximate surface area is 675 Å². The van der Waals surface area contributed by atoms with Gasteiger partial charge in [-0.15, -0.1) is 0 Å². The van der Waals surface area contributed by atoms with Crippen molar-refractivity contribution in [2.24, 2.45) is 25.7 Å². The zero-order valence-corrected chi connectivity index (χ0v) is 75.9. The van der Waals surface area contributed by atoms with Crippen LogP contribution in [0.1, 0.15) is 128 Å². The number of likely N-dealkylation sites (N-methyl/N-ethyl adjacent to an activating group) is 5. The van der Waals surface area contributed by atoms with E-state index in [1.54, 1.807) is 82.8 Å². The highest BCUT2D eigenvalue weighted by atomic mass is 32.2. The number of nitrogens with zero attached hydrogens (tertiary/aromatic N) is 12. The van der Waals surface area contributed by atoms with Crippen LogP contribution < -0.4 is 32.3 Å². The lowest BCUT2D eigenvalue weighted by molar-refractivity contribution is -0.130. The number of hydrogen-bond donors (Lipinski definition) is 6. The van der Waals surface area contributed by atoms with Gasteiger partial charge < -0.3 is 85.6 Å². The van der Waals surface area contributed by atoms with Crippen LogP contribution in [0.2, 0.25) is 0 Å². The summed E-state index contributed by atoms with van der Waals surface area (Å²) < 4.78 is 83.4. The molecule has 0 aliphatic carbocycles. The van der Waals surface area contributed by atoms with E-state index in [-0.39, 0.29) is 83.4 Å². The van der Waals surface area contributed by atoms with Gasteiger partial charge in [0.2, 0.25) is 47.3 Å². The predicted molar refractivity (Wildman–Crippen MR) is 454 cm³/mol. The number of hydrogen-bond acceptors (Lipinski definition) is 26. The van der Waals surface area contributed by atoms with Crippen LogP contribution in [0.15, 0.2) is 20.0 Å². The molecule has 6 heterocycles. The molecular formula is C73H154N18O18S3. The molecule has 0 spiro atoms. The van der Waals surface area contributed by atoms with Crippen LogP contribution in [0.25, 0.3) is 0 Å². The molecule has 112 heavy (non-hydrogen) atoms. The van der Waals surface area contributed by atoms with Crippen molar-refractivity contribution < 1.29 is 82.6 Å². The van der Waals surface area contributed by atoms with Gasteiger partial charge in [-0.3, -0.25) is 63.2 Å². The van der Waals surface area contributed by atoms with E-state index in [2.05, 4.69) is 68.0 Å².